The zero-order valence-electron chi connectivity index (χ0n) is 20.3. The van der Waals surface area contributed by atoms with Crippen LogP contribution in [-0.4, -0.2) is 38.5 Å². The van der Waals surface area contributed by atoms with E-state index in [1.807, 2.05) is 29.2 Å². The van der Waals surface area contributed by atoms with E-state index in [0.717, 1.165) is 68.5 Å². The Labute approximate surface area is 208 Å². The maximum absolute atomic E-state index is 14.3. The highest BCUT2D eigenvalue weighted by atomic mass is 19.1. The first-order chi connectivity index (χ1) is 17.5. The number of benzene rings is 1. The van der Waals surface area contributed by atoms with Gasteiger partial charge in [0, 0.05) is 36.1 Å². The minimum absolute atomic E-state index is 0.0364. The Morgan fingerprint density at radius 2 is 1.67 bits per heavy atom. The molecule has 5 aliphatic carbocycles. The number of hydrogen-bond acceptors (Lipinski definition) is 7. The fourth-order valence-corrected chi connectivity index (χ4v) is 5.76. The predicted molar refractivity (Wildman–Crippen MR) is 128 cm³/mol. The lowest BCUT2D eigenvalue weighted by atomic mass is 9.42. The molecule has 5 aliphatic rings. The third-order valence-electron chi connectivity index (χ3n) is 8.12. The summed E-state index contributed by atoms with van der Waals surface area (Å²) in [5.74, 6) is 3.53. The van der Waals surface area contributed by atoms with Gasteiger partial charge in [-0.05, 0) is 76.0 Å². The second-order valence-electron chi connectivity index (χ2n) is 11.3. The predicted octanol–water partition coefficient (Wildman–Crippen LogP) is 5.51. The summed E-state index contributed by atoms with van der Waals surface area (Å²) in [6, 6.07) is 7.72. The van der Waals surface area contributed by atoms with E-state index >= 15 is 0 Å². The van der Waals surface area contributed by atoms with Crippen molar-refractivity contribution in [3.8, 4) is 11.5 Å². The minimum atomic E-state index is -1.12. The van der Waals surface area contributed by atoms with Crippen molar-refractivity contribution < 1.29 is 18.0 Å². The first-order valence-electron chi connectivity index (χ1n) is 13.3. The van der Waals surface area contributed by atoms with Crippen molar-refractivity contribution in [2.45, 2.75) is 88.1 Å². The quantitative estimate of drug-likeness (QED) is 0.326. The van der Waals surface area contributed by atoms with Crippen LogP contribution in [0.15, 0.2) is 33.1 Å². The molecule has 0 N–H and O–H groups in total. The molecular weight excluding hydrogens is 461 g/mol. The Morgan fingerprint density at radius 1 is 0.944 bits per heavy atom. The van der Waals surface area contributed by atoms with Crippen LogP contribution in [0.1, 0.15) is 93.7 Å². The van der Waals surface area contributed by atoms with Crippen LogP contribution in [0.25, 0.3) is 11.5 Å². The summed E-state index contributed by atoms with van der Waals surface area (Å²) in [6.45, 7) is 0.581. The van der Waals surface area contributed by atoms with Crippen molar-refractivity contribution in [1.29, 1.82) is 0 Å². The second kappa shape index (κ2) is 8.21. The van der Waals surface area contributed by atoms with Crippen molar-refractivity contribution in [3.05, 3.63) is 41.9 Å². The molecule has 0 radical (unpaired) electrons. The Bertz CT molecular complexity index is 1270. The van der Waals surface area contributed by atoms with Gasteiger partial charge in [-0.3, -0.25) is 4.79 Å². The van der Waals surface area contributed by atoms with Gasteiger partial charge in [0.25, 0.3) is 0 Å². The average molecular weight is 492 g/mol. The number of alkyl halides is 1. The molecule has 5 saturated carbocycles. The van der Waals surface area contributed by atoms with Crippen molar-refractivity contribution in [3.63, 3.8) is 0 Å². The van der Waals surface area contributed by atoms with Crippen LogP contribution in [0.4, 0.5) is 10.1 Å². The van der Waals surface area contributed by atoms with Gasteiger partial charge in [-0.1, -0.05) is 12.5 Å². The molecule has 2 bridgehead atoms. The fourth-order valence-electron chi connectivity index (χ4n) is 5.76. The first kappa shape index (κ1) is 22.1. The molecule has 0 atom stereocenters. The average Bonchev–Trinajstić information content (AvgIpc) is 3.78. The molecule has 0 unspecified atom stereocenters. The first-order valence-corrected chi connectivity index (χ1v) is 13.3. The summed E-state index contributed by atoms with van der Waals surface area (Å²) in [7, 11) is 0. The Hall–Kier alpha value is -3.10. The topological polar surface area (TPSA) is 98.2 Å². The number of aromatic nitrogens is 4. The van der Waals surface area contributed by atoms with Gasteiger partial charge in [-0.25, -0.2) is 4.39 Å². The largest absolute Gasteiger partial charge is 0.425 e. The lowest BCUT2D eigenvalue weighted by Gasteiger charge is -2.65. The number of amides is 1. The van der Waals surface area contributed by atoms with E-state index in [9.17, 15) is 9.18 Å². The summed E-state index contributed by atoms with van der Waals surface area (Å²) in [4.78, 5) is 15.5. The number of aryl methyl sites for hydroxylation is 1. The molecule has 0 saturated heterocycles. The highest BCUT2D eigenvalue weighted by Crippen LogP contribution is 2.70. The summed E-state index contributed by atoms with van der Waals surface area (Å²) in [5.41, 5.74) is -0.0493. The van der Waals surface area contributed by atoms with Crippen LogP contribution in [0, 0.1) is 5.41 Å². The Kier molecular flexibility index (Phi) is 5.05. The molecule has 2 aromatic heterocycles. The zero-order chi connectivity index (χ0) is 24.3. The monoisotopic (exact) mass is 491 g/mol. The number of unbranched alkanes of at least 4 members (excludes halogenated alkanes) is 2. The van der Waals surface area contributed by atoms with Crippen LogP contribution in [-0.2, 0) is 11.2 Å². The molecule has 1 aromatic carbocycles. The molecular formula is C27H30FN5O3. The number of nitrogens with zero attached hydrogens (tertiary/aromatic N) is 5. The number of carbonyl (C=O) groups is 1. The van der Waals surface area contributed by atoms with Gasteiger partial charge in [-0.2, -0.15) is 0 Å². The summed E-state index contributed by atoms with van der Waals surface area (Å²) >= 11 is 0. The maximum Gasteiger partial charge on any atom is 0.247 e. The van der Waals surface area contributed by atoms with Gasteiger partial charge >= 0.3 is 0 Å². The Balaban J connectivity index is 1.03. The molecule has 36 heavy (non-hydrogen) atoms. The van der Waals surface area contributed by atoms with E-state index in [4.69, 9.17) is 8.83 Å². The van der Waals surface area contributed by atoms with E-state index in [1.165, 1.54) is 0 Å². The highest BCUT2D eigenvalue weighted by molar-refractivity contribution is 6.00. The molecule has 0 spiro atoms. The van der Waals surface area contributed by atoms with Crippen molar-refractivity contribution in [2.24, 2.45) is 5.41 Å². The zero-order valence-corrected chi connectivity index (χ0v) is 20.3. The van der Waals surface area contributed by atoms with Gasteiger partial charge in [0.15, 0.2) is 0 Å². The number of anilines is 1. The normalized spacial score (nSPS) is 26.4. The summed E-state index contributed by atoms with van der Waals surface area (Å²) in [5, 5.41) is 16.7. The minimum Gasteiger partial charge on any atom is -0.425 e. The fraction of sp³-hybridized carbons (Fsp3) is 0.593. The number of rotatable bonds is 11. The van der Waals surface area contributed by atoms with Crippen molar-refractivity contribution in [2.75, 3.05) is 11.4 Å². The Morgan fingerprint density at radius 3 is 2.39 bits per heavy atom. The number of halogens is 1. The third kappa shape index (κ3) is 4.02. The van der Waals surface area contributed by atoms with Crippen LogP contribution < -0.4 is 4.90 Å². The summed E-state index contributed by atoms with van der Waals surface area (Å²) in [6.07, 6.45) is 8.96. The van der Waals surface area contributed by atoms with Crippen LogP contribution in [0.5, 0.6) is 0 Å². The standard InChI is InChI=1S/C27H30FN5O3/c28-27-14-26(15-27,16-27)25(34)33(12-3-1-2-7-21-29-30-22(35-21)17-8-9-17)20-6-4-5-19(13-20)24-32-31-23(36-24)18-10-11-18/h4-6,13,17-18H,1-3,7-12,14-16H2. The van der Waals surface area contributed by atoms with E-state index < -0.39 is 11.1 Å². The molecule has 2 heterocycles. The van der Waals surface area contributed by atoms with Gasteiger partial charge in [0.05, 0.1) is 5.41 Å². The molecule has 3 aromatic rings. The lowest BCUT2D eigenvalue weighted by molar-refractivity contribution is -0.211. The molecule has 8 nitrogen and oxygen atoms in total. The van der Waals surface area contributed by atoms with Gasteiger partial charge in [0.2, 0.25) is 29.5 Å². The molecule has 0 aliphatic heterocycles. The highest BCUT2D eigenvalue weighted by Gasteiger charge is 2.73. The SMILES string of the molecule is O=C(N(CCCCCc1nnc(C2CC2)o1)c1cccc(-c2nnc(C3CC3)o2)c1)C12CC(F)(C1)C2. The number of carbonyl (C=O) groups excluding carboxylic acids is 1. The van der Waals surface area contributed by atoms with Gasteiger partial charge in [0.1, 0.15) is 5.67 Å². The smallest absolute Gasteiger partial charge is 0.247 e. The van der Waals surface area contributed by atoms with Crippen molar-refractivity contribution in [1.82, 2.24) is 20.4 Å². The lowest BCUT2D eigenvalue weighted by Crippen LogP contribution is -2.70. The van der Waals surface area contributed by atoms with Gasteiger partial charge < -0.3 is 13.7 Å². The molecule has 9 heteroatoms. The van der Waals surface area contributed by atoms with E-state index in [1.54, 1.807) is 0 Å². The van der Waals surface area contributed by atoms with Crippen LogP contribution in [0.2, 0.25) is 0 Å². The second-order valence-corrected chi connectivity index (χ2v) is 11.3. The van der Waals surface area contributed by atoms with Crippen LogP contribution in [0.3, 0.4) is 0 Å². The molecule has 188 valence electrons. The van der Waals surface area contributed by atoms with Crippen molar-refractivity contribution >= 4 is 11.6 Å². The van der Waals surface area contributed by atoms with E-state index in [2.05, 4.69) is 20.4 Å². The molecule has 5 fully saturated rings. The van der Waals surface area contributed by atoms with E-state index in [-0.39, 0.29) is 5.91 Å². The molecule has 1 amide bonds. The van der Waals surface area contributed by atoms with Crippen LogP contribution >= 0.6 is 0 Å². The maximum atomic E-state index is 14.3. The third-order valence-corrected chi connectivity index (χ3v) is 8.12. The van der Waals surface area contributed by atoms with E-state index in [0.29, 0.717) is 55.3 Å². The summed E-state index contributed by atoms with van der Waals surface area (Å²) < 4.78 is 25.9. The van der Waals surface area contributed by atoms with Gasteiger partial charge in [-0.15, -0.1) is 20.4 Å². The number of hydrogen-bond donors (Lipinski definition) is 0. The molecule has 8 rings (SSSR count).